The monoisotopic (exact) mass is 289 g/mol. The number of benzene rings is 2. The highest BCUT2D eigenvalue weighted by molar-refractivity contribution is 7.81. The Morgan fingerprint density at radius 2 is 1.90 bits per heavy atom. The van der Waals surface area contributed by atoms with Gasteiger partial charge >= 0.3 is 0 Å². The first kappa shape index (κ1) is 14.6. The Hall–Kier alpha value is -1.81. The lowest BCUT2D eigenvalue weighted by Crippen LogP contribution is -2.25. The average molecular weight is 289 g/mol. The van der Waals surface area contributed by atoms with Crippen LogP contribution in [0.3, 0.4) is 0 Å². The molecule has 0 aromatic heterocycles. The summed E-state index contributed by atoms with van der Waals surface area (Å²) in [6, 6.07) is 14.3. The normalized spacial score (nSPS) is 11.9. The van der Waals surface area contributed by atoms with Gasteiger partial charge in [0.1, 0.15) is 5.82 Å². The summed E-state index contributed by atoms with van der Waals surface area (Å²) in [5.41, 5.74) is 1.96. The second-order valence-corrected chi connectivity index (χ2v) is 5.23. The molecule has 0 aliphatic rings. The highest BCUT2D eigenvalue weighted by Crippen LogP contribution is 2.18. The van der Waals surface area contributed by atoms with Gasteiger partial charge in [-0.05, 0) is 31.0 Å². The molecule has 2 aromatic rings. The molecule has 0 bridgehead atoms. The zero-order chi connectivity index (χ0) is 14.5. The van der Waals surface area contributed by atoms with Crippen LogP contribution in [0.15, 0.2) is 48.5 Å². The summed E-state index contributed by atoms with van der Waals surface area (Å²) in [4.78, 5) is 12.1. The van der Waals surface area contributed by atoms with E-state index in [2.05, 4.69) is 17.9 Å². The topological polar surface area (TPSA) is 29.1 Å². The van der Waals surface area contributed by atoms with Gasteiger partial charge < -0.3 is 5.32 Å². The van der Waals surface area contributed by atoms with Crippen LogP contribution in [0, 0.1) is 12.7 Å². The molecular formula is C16H16FNOS. The molecule has 1 N–H and O–H groups in total. The van der Waals surface area contributed by atoms with Gasteiger partial charge in [-0.25, -0.2) is 4.39 Å². The van der Waals surface area contributed by atoms with Crippen LogP contribution in [0.1, 0.15) is 11.1 Å². The molecule has 0 saturated heterocycles. The van der Waals surface area contributed by atoms with Gasteiger partial charge in [-0.3, -0.25) is 4.79 Å². The van der Waals surface area contributed by atoms with E-state index < -0.39 is 5.25 Å². The van der Waals surface area contributed by atoms with E-state index in [1.807, 2.05) is 30.3 Å². The molecule has 2 rings (SSSR count). The van der Waals surface area contributed by atoms with Crippen molar-refractivity contribution in [1.29, 1.82) is 0 Å². The number of amides is 1. The van der Waals surface area contributed by atoms with E-state index in [0.29, 0.717) is 17.7 Å². The van der Waals surface area contributed by atoms with Crippen molar-refractivity contribution < 1.29 is 9.18 Å². The second kappa shape index (κ2) is 6.57. The average Bonchev–Trinajstić information content (AvgIpc) is 2.45. The van der Waals surface area contributed by atoms with Gasteiger partial charge in [0.05, 0.1) is 5.25 Å². The third-order valence-corrected chi connectivity index (χ3v) is 3.52. The largest absolute Gasteiger partial charge is 0.325 e. The van der Waals surface area contributed by atoms with Crippen molar-refractivity contribution in [3.63, 3.8) is 0 Å². The van der Waals surface area contributed by atoms with Gasteiger partial charge in [0, 0.05) is 11.3 Å². The second-order valence-electron chi connectivity index (χ2n) is 4.61. The fraction of sp³-hybridized carbons (Fsp3) is 0.188. The van der Waals surface area contributed by atoms with E-state index in [9.17, 15) is 9.18 Å². The Bertz CT molecular complexity index is 601. The van der Waals surface area contributed by atoms with Crippen molar-refractivity contribution >= 4 is 24.2 Å². The zero-order valence-corrected chi connectivity index (χ0v) is 12.0. The van der Waals surface area contributed by atoms with Crippen LogP contribution in [-0.4, -0.2) is 11.2 Å². The molecule has 0 heterocycles. The van der Waals surface area contributed by atoms with Crippen LogP contribution in [-0.2, 0) is 11.2 Å². The first-order valence-corrected chi connectivity index (χ1v) is 6.87. The maximum Gasteiger partial charge on any atom is 0.237 e. The molecule has 0 aliphatic heterocycles. The van der Waals surface area contributed by atoms with Crippen LogP contribution in [0.2, 0.25) is 0 Å². The van der Waals surface area contributed by atoms with Crippen molar-refractivity contribution in [2.24, 2.45) is 0 Å². The number of hydrogen-bond acceptors (Lipinski definition) is 2. The molecule has 2 nitrogen and oxygen atoms in total. The standard InChI is InChI=1S/C16H16FNOS/c1-11-13(17)8-5-9-14(11)18-16(19)15(20)10-12-6-3-2-4-7-12/h2-9,15,20H,10H2,1H3,(H,18,19). The predicted molar refractivity (Wildman–Crippen MR) is 82.7 cm³/mol. The SMILES string of the molecule is Cc1c(F)cccc1NC(=O)C(S)Cc1ccccc1. The van der Waals surface area contributed by atoms with E-state index in [1.54, 1.807) is 19.1 Å². The van der Waals surface area contributed by atoms with Gasteiger partial charge in [-0.2, -0.15) is 12.6 Å². The number of halogens is 1. The first-order chi connectivity index (χ1) is 9.58. The van der Waals surface area contributed by atoms with Crippen LogP contribution < -0.4 is 5.32 Å². The van der Waals surface area contributed by atoms with Gasteiger partial charge in [0.15, 0.2) is 0 Å². The number of rotatable bonds is 4. The third kappa shape index (κ3) is 3.61. The number of carbonyl (C=O) groups is 1. The molecule has 1 atom stereocenters. The molecule has 0 saturated carbocycles. The van der Waals surface area contributed by atoms with Crippen molar-refractivity contribution in [2.45, 2.75) is 18.6 Å². The fourth-order valence-electron chi connectivity index (χ4n) is 1.89. The highest BCUT2D eigenvalue weighted by atomic mass is 32.1. The van der Waals surface area contributed by atoms with Crippen molar-refractivity contribution in [3.8, 4) is 0 Å². The lowest BCUT2D eigenvalue weighted by molar-refractivity contribution is -0.115. The first-order valence-electron chi connectivity index (χ1n) is 6.36. The number of hydrogen-bond donors (Lipinski definition) is 2. The Kier molecular flexibility index (Phi) is 4.79. The third-order valence-electron chi connectivity index (χ3n) is 3.10. The van der Waals surface area contributed by atoms with Crippen molar-refractivity contribution in [3.05, 3.63) is 65.5 Å². The number of anilines is 1. The molecular weight excluding hydrogens is 273 g/mol. The summed E-state index contributed by atoms with van der Waals surface area (Å²) in [6.45, 7) is 1.63. The Labute approximate surface area is 123 Å². The molecule has 20 heavy (non-hydrogen) atoms. The lowest BCUT2D eigenvalue weighted by Gasteiger charge is -2.13. The van der Waals surface area contributed by atoms with Crippen LogP contribution in [0.4, 0.5) is 10.1 Å². The van der Waals surface area contributed by atoms with Crippen LogP contribution in [0.5, 0.6) is 0 Å². The fourth-order valence-corrected chi connectivity index (χ4v) is 2.16. The van der Waals surface area contributed by atoms with Crippen molar-refractivity contribution in [1.82, 2.24) is 0 Å². The van der Waals surface area contributed by atoms with Crippen LogP contribution in [0.25, 0.3) is 0 Å². The minimum absolute atomic E-state index is 0.231. The zero-order valence-electron chi connectivity index (χ0n) is 11.1. The summed E-state index contributed by atoms with van der Waals surface area (Å²) < 4.78 is 13.4. The smallest absolute Gasteiger partial charge is 0.237 e. The van der Waals surface area contributed by atoms with Crippen molar-refractivity contribution in [2.75, 3.05) is 5.32 Å². The Balaban J connectivity index is 2.03. The maximum absolute atomic E-state index is 13.4. The van der Waals surface area contributed by atoms with Gasteiger partial charge in [-0.1, -0.05) is 36.4 Å². The quantitative estimate of drug-likeness (QED) is 0.827. The van der Waals surface area contributed by atoms with E-state index in [1.165, 1.54) is 6.07 Å². The molecule has 0 spiro atoms. The molecule has 0 aliphatic carbocycles. The number of thiol groups is 1. The molecule has 1 unspecified atom stereocenters. The Morgan fingerprint density at radius 1 is 1.20 bits per heavy atom. The van der Waals surface area contributed by atoms with Gasteiger partial charge in [0.2, 0.25) is 5.91 Å². The number of nitrogens with one attached hydrogen (secondary N) is 1. The minimum Gasteiger partial charge on any atom is -0.325 e. The summed E-state index contributed by atoms with van der Waals surface area (Å²) in [5, 5.41) is 2.24. The highest BCUT2D eigenvalue weighted by Gasteiger charge is 2.16. The molecule has 4 heteroatoms. The molecule has 2 aromatic carbocycles. The number of carbonyl (C=O) groups excluding carboxylic acids is 1. The van der Waals surface area contributed by atoms with Gasteiger partial charge in [-0.15, -0.1) is 0 Å². The van der Waals surface area contributed by atoms with E-state index in [4.69, 9.17) is 0 Å². The summed E-state index contributed by atoms with van der Waals surface area (Å²) in [6.07, 6.45) is 0.532. The van der Waals surface area contributed by atoms with Crippen LogP contribution >= 0.6 is 12.6 Å². The summed E-state index contributed by atoms with van der Waals surface area (Å²) >= 11 is 4.32. The lowest BCUT2D eigenvalue weighted by atomic mass is 10.1. The predicted octanol–water partition coefficient (Wildman–Crippen LogP) is 3.61. The van der Waals surface area contributed by atoms with E-state index in [-0.39, 0.29) is 11.7 Å². The minimum atomic E-state index is -0.472. The Morgan fingerprint density at radius 3 is 2.60 bits per heavy atom. The van der Waals surface area contributed by atoms with E-state index in [0.717, 1.165) is 5.56 Å². The van der Waals surface area contributed by atoms with E-state index >= 15 is 0 Å². The molecule has 104 valence electrons. The molecule has 0 radical (unpaired) electrons. The van der Waals surface area contributed by atoms with Gasteiger partial charge in [0.25, 0.3) is 0 Å². The summed E-state index contributed by atoms with van der Waals surface area (Å²) in [7, 11) is 0. The molecule has 0 fully saturated rings. The molecule has 1 amide bonds. The summed E-state index contributed by atoms with van der Waals surface area (Å²) in [5.74, 6) is -0.563. The maximum atomic E-state index is 13.4.